The summed E-state index contributed by atoms with van der Waals surface area (Å²) >= 11 is 0. The van der Waals surface area contributed by atoms with E-state index >= 15 is 0 Å². The van der Waals surface area contributed by atoms with Gasteiger partial charge in [-0.1, -0.05) is 0 Å². The highest BCUT2D eigenvalue weighted by Crippen LogP contribution is 2.06. The van der Waals surface area contributed by atoms with Crippen molar-refractivity contribution in [1.29, 1.82) is 0 Å². The van der Waals surface area contributed by atoms with Crippen LogP contribution in [-0.4, -0.2) is 33.1 Å². The first-order valence-corrected chi connectivity index (χ1v) is 5.73. The summed E-state index contributed by atoms with van der Waals surface area (Å²) in [6.07, 6.45) is 0.171. The van der Waals surface area contributed by atoms with Crippen LogP contribution in [0.1, 0.15) is 20.8 Å². The second-order valence-electron chi connectivity index (χ2n) is 3.64. The minimum absolute atomic E-state index is 0.423. The lowest BCUT2D eigenvalue weighted by Crippen LogP contribution is -2.34. The number of alkyl carbamates (subject to hydrolysis) is 1. The molecule has 84 valence electrons. The summed E-state index contributed by atoms with van der Waals surface area (Å²) in [7, 11) is -3.53. The van der Waals surface area contributed by atoms with E-state index in [0.29, 0.717) is 0 Å². The zero-order valence-electron chi connectivity index (χ0n) is 8.66. The van der Waals surface area contributed by atoms with Gasteiger partial charge in [-0.25, -0.2) is 8.98 Å². The largest absolute Gasteiger partial charge is 0.444 e. The molecule has 6 nitrogen and oxygen atoms in total. The zero-order chi connectivity index (χ0) is 11.4. The van der Waals surface area contributed by atoms with Crippen LogP contribution >= 0.6 is 0 Å². The molecular weight excluding hydrogens is 210 g/mol. The first kappa shape index (κ1) is 13.2. The Kier molecular flexibility index (Phi) is 4.34. The molecule has 0 atom stereocenters. The number of amides is 1. The Labute approximate surface area is 83.7 Å². The van der Waals surface area contributed by atoms with Gasteiger partial charge in [-0.05, 0) is 20.8 Å². The first-order valence-electron chi connectivity index (χ1n) is 3.91. The number of rotatable bonds is 3. The van der Waals surface area contributed by atoms with Crippen LogP contribution in [-0.2, 0) is 19.0 Å². The molecule has 0 aromatic heterocycles. The molecule has 7 heteroatoms. The molecule has 0 fully saturated rings. The predicted octanol–water partition coefficient (Wildman–Crippen LogP) is 0.445. The van der Waals surface area contributed by atoms with Crippen LogP contribution in [0.25, 0.3) is 0 Å². The van der Waals surface area contributed by atoms with Gasteiger partial charge in [-0.3, -0.25) is 5.32 Å². The lowest BCUT2D eigenvalue weighted by atomic mass is 10.2. The zero-order valence-corrected chi connectivity index (χ0v) is 9.47. The first-order chi connectivity index (χ1) is 6.10. The SMILES string of the molecule is CC(C)(C)OC(=O)NCOS(C)(=O)=O. The fourth-order valence-electron chi connectivity index (χ4n) is 0.510. The fourth-order valence-corrected chi connectivity index (χ4v) is 0.783. The minimum atomic E-state index is -3.53. The van der Waals surface area contributed by atoms with Crippen molar-refractivity contribution in [2.24, 2.45) is 0 Å². The molecule has 0 bridgehead atoms. The maximum Gasteiger partial charge on any atom is 0.409 e. The maximum atomic E-state index is 10.9. The molecule has 0 unspecified atom stereocenters. The van der Waals surface area contributed by atoms with Crippen molar-refractivity contribution in [1.82, 2.24) is 5.32 Å². The number of nitrogens with one attached hydrogen (secondary N) is 1. The summed E-state index contributed by atoms with van der Waals surface area (Å²) in [5, 5.41) is 2.13. The van der Waals surface area contributed by atoms with Crippen molar-refractivity contribution < 1.29 is 22.1 Å². The molecule has 0 saturated heterocycles. The van der Waals surface area contributed by atoms with Crippen LogP contribution in [0.2, 0.25) is 0 Å². The average molecular weight is 225 g/mol. The van der Waals surface area contributed by atoms with Crippen LogP contribution in [0.4, 0.5) is 4.79 Å². The molecule has 0 aliphatic heterocycles. The van der Waals surface area contributed by atoms with E-state index < -0.39 is 28.5 Å². The van der Waals surface area contributed by atoms with E-state index in [0.717, 1.165) is 6.26 Å². The van der Waals surface area contributed by atoms with Gasteiger partial charge in [0.05, 0.1) is 6.26 Å². The van der Waals surface area contributed by atoms with Crippen LogP contribution < -0.4 is 5.32 Å². The van der Waals surface area contributed by atoms with Gasteiger partial charge in [0.1, 0.15) is 12.3 Å². The summed E-state index contributed by atoms with van der Waals surface area (Å²) in [5.41, 5.74) is -0.616. The van der Waals surface area contributed by atoms with E-state index in [1.165, 1.54) is 0 Å². The van der Waals surface area contributed by atoms with Crippen LogP contribution in [0.3, 0.4) is 0 Å². The molecule has 0 aliphatic carbocycles. The van der Waals surface area contributed by atoms with Gasteiger partial charge in [-0.2, -0.15) is 8.42 Å². The molecule has 1 N–H and O–H groups in total. The Bertz CT molecular complexity index is 290. The average Bonchev–Trinajstić information content (AvgIpc) is 1.78. The van der Waals surface area contributed by atoms with Crippen molar-refractivity contribution in [3.63, 3.8) is 0 Å². The van der Waals surface area contributed by atoms with Crippen molar-refractivity contribution >= 4 is 16.2 Å². The minimum Gasteiger partial charge on any atom is -0.444 e. The van der Waals surface area contributed by atoms with Crippen molar-refractivity contribution in [3.8, 4) is 0 Å². The topological polar surface area (TPSA) is 81.7 Å². The molecule has 0 rings (SSSR count). The van der Waals surface area contributed by atoms with Gasteiger partial charge < -0.3 is 4.74 Å². The number of carbonyl (C=O) groups excluding carboxylic acids is 1. The van der Waals surface area contributed by atoms with Crippen molar-refractivity contribution in [2.75, 3.05) is 13.0 Å². The summed E-state index contributed by atoms with van der Waals surface area (Å²) in [4.78, 5) is 10.9. The van der Waals surface area contributed by atoms with E-state index in [4.69, 9.17) is 4.74 Å². The molecule has 14 heavy (non-hydrogen) atoms. The second kappa shape index (κ2) is 4.61. The number of carbonyl (C=O) groups is 1. The molecule has 1 amide bonds. The third kappa shape index (κ3) is 9.27. The Morgan fingerprint density at radius 2 is 1.86 bits per heavy atom. The highest BCUT2D eigenvalue weighted by molar-refractivity contribution is 7.85. The number of hydrogen-bond acceptors (Lipinski definition) is 5. The molecule has 0 aromatic carbocycles. The lowest BCUT2D eigenvalue weighted by Gasteiger charge is -2.19. The quantitative estimate of drug-likeness (QED) is 0.557. The Morgan fingerprint density at radius 1 is 1.36 bits per heavy atom. The highest BCUT2D eigenvalue weighted by atomic mass is 32.2. The molecule has 0 saturated carbocycles. The smallest absolute Gasteiger partial charge is 0.409 e. The van der Waals surface area contributed by atoms with Gasteiger partial charge in [0.25, 0.3) is 10.1 Å². The van der Waals surface area contributed by atoms with Crippen molar-refractivity contribution in [2.45, 2.75) is 26.4 Å². The Morgan fingerprint density at radius 3 is 2.21 bits per heavy atom. The van der Waals surface area contributed by atoms with Gasteiger partial charge in [0.2, 0.25) is 0 Å². The third-order valence-electron chi connectivity index (χ3n) is 0.888. The van der Waals surface area contributed by atoms with Gasteiger partial charge in [0.15, 0.2) is 0 Å². The predicted molar refractivity (Wildman–Crippen MR) is 50.2 cm³/mol. The standard InChI is InChI=1S/C7H15NO5S/c1-7(2,3)13-6(9)8-5-12-14(4,10)11/h5H2,1-4H3,(H,8,9). The van der Waals surface area contributed by atoms with Crippen LogP contribution in [0.5, 0.6) is 0 Å². The normalized spacial score (nSPS) is 12.3. The second-order valence-corrected chi connectivity index (χ2v) is 5.29. The molecule has 0 radical (unpaired) electrons. The highest BCUT2D eigenvalue weighted by Gasteiger charge is 2.15. The third-order valence-corrected chi connectivity index (χ3v) is 1.43. The van der Waals surface area contributed by atoms with Gasteiger partial charge in [0, 0.05) is 0 Å². The van der Waals surface area contributed by atoms with E-state index in [-0.39, 0.29) is 0 Å². The maximum absolute atomic E-state index is 10.9. The van der Waals surface area contributed by atoms with E-state index in [1.807, 2.05) is 0 Å². The number of ether oxygens (including phenoxy) is 1. The summed E-state index contributed by atoms with van der Waals surface area (Å²) in [5.74, 6) is 0. The van der Waals surface area contributed by atoms with Crippen LogP contribution in [0.15, 0.2) is 0 Å². The Hall–Kier alpha value is -0.820. The van der Waals surface area contributed by atoms with E-state index in [1.54, 1.807) is 20.8 Å². The lowest BCUT2D eigenvalue weighted by molar-refractivity contribution is 0.0489. The van der Waals surface area contributed by atoms with E-state index in [2.05, 4.69) is 9.50 Å². The molecular formula is C7H15NO5S. The Balaban J connectivity index is 3.77. The summed E-state index contributed by atoms with van der Waals surface area (Å²) < 4.78 is 30.1. The summed E-state index contributed by atoms with van der Waals surface area (Å²) in [6, 6.07) is 0. The summed E-state index contributed by atoms with van der Waals surface area (Å²) in [6.45, 7) is 4.67. The van der Waals surface area contributed by atoms with Crippen molar-refractivity contribution in [3.05, 3.63) is 0 Å². The molecule has 0 heterocycles. The monoisotopic (exact) mass is 225 g/mol. The number of hydrogen-bond donors (Lipinski definition) is 1. The fraction of sp³-hybridized carbons (Fsp3) is 0.857. The van der Waals surface area contributed by atoms with Crippen LogP contribution in [0, 0.1) is 0 Å². The van der Waals surface area contributed by atoms with Gasteiger partial charge >= 0.3 is 6.09 Å². The molecule has 0 aromatic rings. The molecule has 0 aliphatic rings. The molecule has 0 spiro atoms. The van der Waals surface area contributed by atoms with Gasteiger partial charge in [-0.15, -0.1) is 0 Å². The van der Waals surface area contributed by atoms with E-state index in [9.17, 15) is 13.2 Å².